The highest BCUT2D eigenvalue weighted by Gasteiger charge is 2.19. The predicted molar refractivity (Wildman–Crippen MR) is 67.3 cm³/mol. The zero-order valence-electron chi connectivity index (χ0n) is 10.0. The number of nitrogens with zero attached hydrogens (tertiary/aromatic N) is 1. The van der Waals surface area contributed by atoms with Gasteiger partial charge in [-0.25, -0.2) is 9.78 Å². The second-order valence-electron chi connectivity index (χ2n) is 4.45. The van der Waals surface area contributed by atoms with E-state index in [9.17, 15) is 4.79 Å². The maximum Gasteiger partial charge on any atom is 0.319 e. The van der Waals surface area contributed by atoms with E-state index in [4.69, 9.17) is 16.7 Å². The van der Waals surface area contributed by atoms with Crippen LogP contribution in [-0.4, -0.2) is 28.3 Å². The first kappa shape index (κ1) is 13.7. The number of carbonyl (C=O) groups excluding carboxylic acids is 1. The number of nitrogens with one attached hydrogen (secondary N) is 2. The van der Waals surface area contributed by atoms with Crippen LogP contribution in [-0.2, 0) is 0 Å². The van der Waals surface area contributed by atoms with Crippen LogP contribution in [0.4, 0.5) is 10.5 Å². The second kappa shape index (κ2) is 5.33. The van der Waals surface area contributed by atoms with Gasteiger partial charge in [0, 0.05) is 0 Å². The molecule has 0 bridgehead atoms. The summed E-state index contributed by atoms with van der Waals surface area (Å²) in [7, 11) is 0. The number of halogens is 1. The Morgan fingerprint density at radius 3 is 2.76 bits per heavy atom. The van der Waals surface area contributed by atoms with Crippen molar-refractivity contribution < 1.29 is 9.90 Å². The largest absolute Gasteiger partial charge is 0.394 e. The number of aliphatic hydroxyl groups excluding tert-OH is 1. The number of urea groups is 1. The van der Waals surface area contributed by atoms with Gasteiger partial charge in [0.1, 0.15) is 5.15 Å². The second-order valence-corrected chi connectivity index (χ2v) is 4.81. The number of carbonyl (C=O) groups is 1. The van der Waals surface area contributed by atoms with Gasteiger partial charge in [-0.1, -0.05) is 11.6 Å². The van der Waals surface area contributed by atoms with Crippen LogP contribution in [0.3, 0.4) is 0 Å². The summed E-state index contributed by atoms with van der Waals surface area (Å²) in [5.74, 6) is 0. The number of aryl methyl sites for hydroxylation is 1. The lowest BCUT2D eigenvalue weighted by atomic mass is 10.1. The monoisotopic (exact) mass is 257 g/mol. The lowest BCUT2D eigenvalue weighted by Gasteiger charge is -2.23. The van der Waals surface area contributed by atoms with E-state index in [2.05, 4.69) is 15.6 Å². The molecule has 0 aliphatic carbocycles. The van der Waals surface area contributed by atoms with Gasteiger partial charge in [0.25, 0.3) is 0 Å². The summed E-state index contributed by atoms with van der Waals surface area (Å²) in [6.45, 7) is 5.10. The van der Waals surface area contributed by atoms with Gasteiger partial charge in [-0.2, -0.15) is 0 Å². The summed E-state index contributed by atoms with van der Waals surface area (Å²) in [5.41, 5.74) is 0.669. The first-order chi connectivity index (χ1) is 7.84. The molecule has 1 aromatic rings. The fourth-order valence-corrected chi connectivity index (χ4v) is 1.24. The number of aromatic nitrogens is 1. The Hall–Kier alpha value is -1.33. The lowest BCUT2D eigenvalue weighted by molar-refractivity contribution is 0.187. The van der Waals surface area contributed by atoms with Crippen molar-refractivity contribution in [2.24, 2.45) is 0 Å². The number of aliphatic hydroxyl groups is 1. The molecule has 0 fully saturated rings. The fourth-order valence-electron chi connectivity index (χ4n) is 1.14. The molecule has 2 amide bonds. The standard InChI is InChI=1S/C11H16ClN3O2/c1-7-4-8(5-13-9(7)12)14-10(17)15-11(2,3)6-16/h4-5,16H,6H2,1-3H3,(H2,14,15,17). The van der Waals surface area contributed by atoms with Crippen LogP contribution in [0.5, 0.6) is 0 Å². The van der Waals surface area contributed by atoms with Crippen LogP contribution < -0.4 is 10.6 Å². The molecule has 1 rings (SSSR count). The highest BCUT2D eigenvalue weighted by atomic mass is 35.5. The minimum atomic E-state index is -0.668. The average Bonchev–Trinajstić information content (AvgIpc) is 2.23. The van der Waals surface area contributed by atoms with Crippen LogP contribution in [0.15, 0.2) is 12.3 Å². The molecule has 0 aliphatic rings. The Morgan fingerprint density at radius 1 is 1.59 bits per heavy atom. The molecule has 3 N–H and O–H groups in total. The summed E-state index contributed by atoms with van der Waals surface area (Å²) in [4.78, 5) is 15.5. The molecule has 17 heavy (non-hydrogen) atoms. The van der Waals surface area contributed by atoms with Crippen LogP contribution in [0.1, 0.15) is 19.4 Å². The number of pyridine rings is 1. The van der Waals surface area contributed by atoms with Gasteiger partial charge >= 0.3 is 6.03 Å². The number of rotatable bonds is 3. The quantitative estimate of drug-likeness (QED) is 0.725. The van der Waals surface area contributed by atoms with E-state index in [1.165, 1.54) is 6.20 Å². The van der Waals surface area contributed by atoms with Crippen molar-refractivity contribution in [3.05, 3.63) is 23.0 Å². The zero-order valence-corrected chi connectivity index (χ0v) is 10.8. The molecule has 1 heterocycles. The molecule has 0 aromatic carbocycles. The maximum atomic E-state index is 11.6. The summed E-state index contributed by atoms with van der Waals surface area (Å²) in [5, 5.41) is 14.7. The minimum Gasteiger partial charge on any atom is -0.394 e. The Kier molecular flexibility index (Phi) is 4.31. The van der Waals surface area contributed by atoms with Crippen molar-refractivity contribution in [1.82, 2.24) is 10.3 Å². The van der Waals surface area contributed by atoms with E-state index in [-0.39, 0.29) is 6.61 Å². The van der Waals surface area contributed by atoms with Gasteiger partial charge in [-0.15, -0.1) is 0 Å². The van der Waals surface area contributed by atoms with E-state index in [1.807, 2.05) is 0 Å². The van der Waals surface area contributed by atoms with Crippen LogP contribution in [0.2, 0.25) is 5.15 Å². The van der Waals surface area contributed by atoms with E-state index in [0.29, 0.717) is 10.8 Å². The molecule has 0 saturated carbocycles. The molecular formula is C11H16ClN3O2. The third kappa shape index (κ3) is 4.20. The van der Waals surface area contributed by atoms with E-state index >= 15 is 0 Å². The Morgan fingerprint density at radius 2 is 2.24 bits per heavy atom. The molecule has 0 radical (unpaired) electrons. The van der Waals surface area contributed by atoms with Gasteiger partial charge in [0.2, 0.25) is 0 Å². The van der Waals surface area contributed by atoms with Gasteiger partial charge in [-0.05, 0) is 32.4 Å². The van der Waals surface area contributed by atoms with Crippen molar-refractivity contribution in [1.29, 1.82) is 0 Å². The van der Waals surface area contributed by atoms with Crippen LogP contribution in [0.25, 0.3) is 0 Å². The average molecular weight is 258 g/mol. The van der Waals surface area contributed by atoms with Crippen molar-refractivity contribution in [3.8, 4) is 0 Å². The maximum absolute atomic E-state index is 11.6. The van der Waals surface area contributed by atoms with E-state index in [0.717, 1.165) is 5.56 Å². The van der Waals surface area contributed by atoms with Gasteiger partial charge < -0.3 is 15.7 Å². The van der Waals surface area contributed by atoms with Crippen LogP contribution >= 0.6 is 11.6 Å². The predicted octanol–water partition coefficient (Wildman–Crippen LogP) is 1.94. The molecular weight excluding hydrogens is 242 g/mol. The Labute approximate surface area is 105 Å². The van der Waals surface area contributed by atoms with Crippen molar-refractivity contribution in [2.45, 2.75) is 26.3 Å². The van der Waals surface area contributed by atoms with Gasteiger partial charge in [0.15, 0.2) is 0 Å². The highest BCUT2D eigenvalue weighted by molar-refractivity contribution is 6.30. The Bertz CT molecular complexity index is 421. The van der Waals surface area contributed by atoms with Gasteiger partial charge in [-0.3, -0.25) is 0 Å². The molecule has 94 valence electrons. The van der Waals surface area contributed by atoms with Crippen molar-refractivity contribution in [3.63, 3.8) is 0 Å². The number of hydrogen-bond donors (Lipinski definition) is 3. The molecule has 0 aliphatic heterocycles. The zero-order chi connectivity index (χ0) is 13.1. The molecule has 1 aromatic heterocycles. The molecule has 0 saturated heterocycles. The first-order valence-electron chi connectivity index (χ1n) is 5.16. The topological polar surface area (TPSA) is 74.2 Å². The number of hydrogen-bond acceptors (Lipinski definition) is 3. The highest BCUT2D eigenvalue weighted by Crippen LogP contribution is 2.16. The van der Waals surface area contributed by atoms with E-state index in [1.54, 1.807) is 26.8 Å². The van der Waals surface area contributed by atoms with Crippen LogP contribution in [0, 0.1) is 6.92 Å². The lowest BCUT2D eigenvalue weighted by Crippen LogP contribution is -2.48. The minimum absolute atomic E-state index is 0.141. The molecule has 5 nitrogen and oxygen atoms in total. The Balaban J connectivity index is 2.65. The smallest absolute Gasteiger partial charge is 0.319 e. The SMILES string of the molecule is Cc1cc(NC(=O)NC(C)(C)CO)cnc1Cl. The first-order valence-corrected chi connectivity index (χ1v) is 5.54. The van der Waals surface area contributed by atoms with Crippen molar-refractivity contribution in [2.75, 3.05) is 11.9 Å². The third-order valence-electron chi connectivity index (χ3n) is 2.12. The van der Waals surface area contributed by atoms with Gasteiger partial charge in [0.05, 0.1) is 24.0 Å². The summed E-state index contributed by atoms with van der Waals surface area (Å²) < 4.78 is 0. The van der Waals surface area contributed by atoms with E-state index < -0.39 is 11.6 Å². The summed E-state index contributed by atoms with van der Waals surface area (Å²) in [6, 6.07) is 1.33. The van der Waals surface area contributed by atoms with Crippen molar-refractivity contribution >= 4 is 23.3 Å². The summed E-state index contributed by atoms with van der Waals surface area (Å²) >= 11 is 5.77. The number of amides is 2. The fraction of sp³-hybridized carbons (Fsp3) is 0.455. The normalized spacial score (nSPS) is 11.1. The molecule has 0 spiro atoms. The third-order valence-corrected chi connectivity index (χ3v) is 2.52. The molecule has 0 unspecified atom stereocenters. The summed E-state index contributed by atoms with van der Waals surface area (Å²) in [6.07, 6.45) is 1.47. The number of anilines is 1. The molecule has 0 atom stereocenters. The molecule has 6 heteroatoms.